The number of aromatic nitrogens is 3. The van der Waals surface area contributed by atoms with E-state index in [1.54, 1.807) is 12.3 Å². The van der Waals surface area contributed by atoms with E-state index in [1.807, 2.05) is 35.9 Å². The summed E-state index contributed by atoms with van der Waals surface area (Å²) in [6, 6.07) is 5.62. The Morgan fingerprint density at radius 1 is 1.35 bits per heavy atom. The highest BCUT2D eigenvalue weighted by Gasteiger charge is 2.11. The van der Waals surface area contributed by atoms with Gasteiger partial charge in [-0.3, -0.25) is 4.79 Å². The zero-order valence-electron chi connectivity index (χ0n) is 12.9. The molecule has 3 rings (SSSR count). The fraction of sp³-hybridized carbons (Fsp3) is 0.188. The summed E-state index contributed by atoms with van der Waals surface area (Å²) in [5, 5.41) is 3.22. The Morgan fingerprint density at radius 2 is 2.17 bits per heavy atom. The first-order valence-corrected chi connectivity index (χ1v) is 7.09. The van der Waals surface area contributed by atoms with Crippen LogP contribution < -0.4 is 15.8 Å². The molecule has 0 bridgehead atoms. The fourth-order valence-electron chi connectivity index (χ4n) is 2.35. The Hall–Kier alpha value is -3.09. The molecule has 23 heavy (non-hydrogen) atoms. The van der Waals surface area contributed by atoms with E-state index < -0.39 is 5.91 Å². The second kappa shape index (κ2) is 5.96. The number of amides is 1. The highest BCUT2D eigenvalue weighted by molar-refractivity contribution is 5.95. The van der Waals surface area contributed by atoms with Crippen LogP contribution in [0.3, 0.4) is 0 Å². The maximum absolute atomic E-state index is 11.4. The third-order valence-electron chi connectivity index (χ3n) is 3.51. The molecule has 118 valence electrons. The Balaban J connectivity index is 1.83. The smallest absolute Gasteiger partial charge is 0.254 e. The summed E-state index contributed by atoms with van der Waals surface area (Å²) >= 11 is 0. The maximum Gasteiger partial charge on any atom is 0.254 e. The molecule has 0 saturated heterocycles. The number of aryl methyl sites for hydroxylation is 1. The number of nitrogens with zero attached hydrogens (tertiary/aromatic N) is 3. The monoisotopic (exact) mass is 311 g/mol. The quantitative estimate of drug-likeness (QED) is 0.748. The van der Waals surface area contributed by atoms with Crippen molar-refractivity contribution in [3.05, 3.63) is 53.6 Å². The Morgan fingerprint density at radius 3 is 2.91 bits per heavy atom. The minimum atomic E-state index is -0.580. The summed E-state index contributed by atoms with van der Waals surface area (Å²) in [6.07, 6.45) is 5.44. The molecule has 0 fully saturated rings. The number of imidazole rings is 1. The molecular weight excluding hydrogens is 294 g/mol. The second-order valence-corrected chi connectivity index (χ2v) is 5.18. The number of hydrogen-bond donors (Lipinski definition) is 2. The normalized spacial score (nSPS) is 10.7. The first kappa shape index (κ1) is 14.8. The average molecular weight is 311 g/mol. The number of nitrogens with one attached hydrogen (secondary N) is 1. The van der Waals surface area contributed by atoms with Crippen molar-refractivity contribution in [3.63, 3.8) is 0 Å². The van der Waals surface area contributed by atoms with Gasteiger partial charge in [-0.25, -0.2) is 9.97 Å². The Bertz CT molecular complexity index is 872. The molecule has 0 aliphatic carbocycles. The number of carbonyl (C=O) groups is 1. The number of ether oxygens (including phenoxy) is 1. The van der Waals surface area contributed by atoms with Gasteiger partial charge in [0.1, 0.15) is 11.2 Å². The van der Waals surface area contributed by atoms with E-state index in [2.05, 4.69) is 15.3 Å². The number of methoxy groups -OCH3 is 1. The van der Waals surface area contributed by atoms with Gasteiger partial charge in [0, 0.05) is 6.20 Å². The predicted molar refractivity (Wildman–Crippen MR) is 86.6 cm³/mol. The molecule has 0 aliphatic heterocycles. The van der Waals surface area contributed by atoms with Crippen LogP contribution in [0, 0.1) is 6.92 Å². The van der Waals surface area contributed by atoms with E-state index in [9.17, 15) is 4.79 Å². The average Bonchev–Trinajstić information content (AvgIpc) is 2.94. The van der Waals surface area contributed by atoms with Crippen molar-refractivity contribution in [1.82, 2.24) is 14.4 Å². The molecule has 0 radical (unpaired) electrons. The van der Waals surface area contributed by atoms with Crippen LogP contribution >= 0.6 is 0 Å². The molecule has 0 saturated carbocycles. The molecule has 0 spiro atoms. The van der Waals surface area contributed by atoms with Gasteiger partial charge in [0.25, 0.3) is 5.91 Å². The van der Waals surface area contributed by atoms with Crippen molar-refractivity contribution >= 4 is 17.2 Å². The van der Waals surface area contributed by atoms with Crippen LogP contribution in [0.25, 0.3) is 5.65 Å². The third kappa shape index (κ3) is 2.94. The largest absolute Gasteiger partial charge is 0.480 e. The standard InChI is InChI=1S/C16H17N5O2/c1-10-3-4-14-19-8-12(21(14)9-10)7-18-11-5-13(15(17)22)16(23-2)20-6-11/h3-6,8-9,18H,7H2,1-2H3,(H2,17,22). The van der Waals surface area contributed by atoms with Crippen molar-refractivity contribution in [2.24, 2.45) is 5.73 Å². The first-order chi connectivity index (χ1) is 11.1. The van der Waals surface area contributed by atoms with E-state index >= 15 is 0 Å². The molecule has 3 aromatic rings. The maximum atomic E-state index is 11.4. The van der Waals surface area contributed by atoms with Crippen molar-refractivity contribution in [3.8, 4) is 5.88 Å². The molecule has 3 aromatic heterocycles. The lowest BCUT2D eigenvalue weighted by Crippen LogP contribution is -2.14. The van der Waals surface area contributed by atoms with Crippen LogP contribution in [0.5, 0.6) is 5.88 Å². The number of anilines is 1. The zero-order chi connectivity index (χ0) is 16.4. The minimum Gasteiger partial charge on any atom is -0.480 e. The summed E-state index contributed by atoms with van der Waals surface area (Å²) in [6.45, 7) is 2.57. The van der Waals surface area contributed by atoms with Crippen molar-refractivity contribution in [2.45, 2.75) is 13.5 Å². The Kier molecular flexibility index (Phi) is 3.84. The van der Waals surface area contributed by atoms with Gasteiger partial charge in [-0.05, 0) is 24.6 Å². The highest BCUT2D eigenvalue weighted by Crippen LogP contribution is 2.19. The van der Waals surface area contributed by atoms with Gasteiger partial charge in [0.15, 0.2) is 0 Å². The molecule has 3 heterocycles. The number of fused-ring (bicyclic) bond motifs is 1. The van der Waals surface area contributed by atoms with Gasteiger partial charge >= 0.3 is 0 Å². The molecule has 0 unspecified atom stereocenters. The number of rotatable bonds is 5. The molecule has 7 heteroatoms. The van der Waals surface area contributed by atoms with Gasteiger partial charge in [0.2, 0.25) is 5.88 Å². The third-order valence-corrected chi connectivity index (χ3v) is 3.51. The van der Waals surface area contributed by atoms with E-state index in [0.29, 0.717) is 12.2 Å². The van der Waals surface area contributed by atoms with Crippen LogP contribution in [-0.2, 0) is 6.54 Å². The van der Waals surface area contributed by atoms with Crippen LogP contribution in [0.2, 0.25) is 0 Å². The van der Waals surface area contributed by atoms with E-state index in [1.165, 1.54) is 7.11 Å². The highest BCUT2D eigenvalue weighted by atomic mass is 16.5. The first-order valence-electron chi connectivity index (χ1n) is 7.09. The van der Waals surface area contributed by atoms with Crippen molar-refractivity contribution in [1.29, 1.82) is 0 Å². The van der Waals surface area contributed by atoms with E-state index in [-0.39, 0.29) is 11.4 Å². The summed E-state index contributed by atoms with van der Waals surface area (Å²) < 4.78 is 7.05. The van der Waals surface area contributed by atoms with E-state index in [0.717, 1.165) is 16.9 Å². The van der Waals surface area contributed by atoms with Crippen LogP contribution in [-0.4, -0.2) is 27.4 Å². The number of nitrogens with two attached hydrogens (primary N) is 1. The molecule has 1 amide bonds. The van der Waals surface area contributed by atoms with Gasteiger partial charge in [-0.1, -0.05) is 6.07 Å². The lowest BCUT2D eigenvalue weighted by Gasteiger charge is -2.09. The zero-order valence-corrected chi connectivity index (χ0v) is 12.9. The molecule has 0 aromatic carbocycles. The summed E-state index contributed by atoms with van der Waals surface area (Å²) in [4.78, 5) is 19.9. The lowest BCUT2D eigenvalue weighted by atomic mass is 10.2. The summed E-state index contributed by atoms with van der Waals surface area (Å²) in [5.41, 5.74) is 9.30. The SMILES string of the molecule is COc1ncc(NCc2cnc3ccc(C)cn23)cc1C(N)=O. The summed E-state index contributed by atoms with van der Waals surface area (Å²) in [5.74, 6) is -0.364. The Labute approximate surface area is 133 Å². The minimum absolute atomic E-state index is 0.216. The molecule has 3 N–H and O–H groups in total. The number of pyridine rings is 2. The van der Waals surface area contributed by atoms with E-state index in [4.69, 9.17) is 10.5 Å². The fourth-order valence-corrected chi connectivity index (χ4v) is 2.35. The van der Waals surface area contributed by atoms with Crippen LogP contribution in [0.1, 0.15) is 21.6 Å². The van der Waals surface area contributed by atoms with Crippen molar-refractivity contribution < 1.29 is 9.53 Å². The topological polar surface area (TPSA) is 94.5 Å². The summed E-state index contributed by atoms with van der Waals surface area (Å²) in [7, 11) is 1.45. The van der Waals surface area contributed by atoms with Gasteiger partial charge < -0.3 is 20.2 Å². The van der Waals surface area contributed by atoms with Crippen LogP contribution in [0.4, 0.5) is 5.69 Å². The number of primary amides is 1. The molecule has 0 aliphatic rings. The van der Waals surface area contributed by atoms with Crippen LogP contribution in [0.15, 0.2) is 36.8 Å². The second-order valence-electron chi connectivity index (χ2n) is 5.18. The lowest BCUT2D eigenvalue weighted by molar-refractivity contribution is 0.0996. The number of hydrogen-bond acceptors (Lipinski definition) is 5. The van der Waals surface area contributed by atoms with Crippen molar-refractivity contribution in [2.75, 3.05) is 12.4 Å². The van der Waals surface area contributed by atoms with Gasteiger partial charge in [-0.15, -0.1) is 0 Å². The van der Waals surface area contributed by atoms with Gasteiger partial charge in [-0.2, -0.15) is 0 Å². The molecular formula is C16H17N5O2. The molecule has 0 atom stereocenters. The van der Waals surface area contributed by atoms with Gasteiger partial charge in [0.05, 0.1) is 37.4 Å². The molecule has 7 nitrogen and oxygen atoms in total. The number of carbonyl (C=O) groups excluding carboxylic acids is 1. The predicted octanol–water partition coefficient (Wildman–Crippen LogP) is 1.76.